The van der Waals surface area contributed by atoms with Crippen LogP contribution in [-0.2, 0) is 4.74 Å². The Labute approximate surface area is 90.7 Å². The zero-order valence-electron chi connectivity index (χ0n) is 8.98. The summed E-state index contributed by atoms with van der Waals surface area (Å²) in [6.45, 7) is 7.33. The Hall–Kier alpha value is 0.180. The van der Waals surface area contributed by atoms with E-state index >= 15 is 0 Å². The highest BCUT2D eigenvalue weighted by atomic mass is 79.9. The summed E-state index contributed by atoms with van der Waals surface area (Å²) < 4.78 is 5.61. The minimum atomic E-state index is 0.405. The number of halogens is 1. The molecule has 0 aromatic heterocycles. The molecular weight excluding hydrogens is 228 g/mol. The van der Waals surface area contributed by atoms with Gasteiger partial charge in [0.1, 0.15) is 0 Å². The van der Waals surface area contributed by atoms with E-state index in [0.29, 0.717) is 6.10 Å². The summed E-state index contributed by atoms with van der Waals surface area (Å²) >= 11 is 3.41. The van der Waals surface area contributed by atoms with Gasteiger partial charge in [0.15, 0.2) is 0 Å². The topological polar surface area (TPSA) is 9.23 Å². The summed E-state index contributed by atoms with van der Waals surface area (Å²) in [5.41, 5.74) is 1.49. The maximum Gasteiger partial charge on any atom is 0.0544 e. The first kappa shape index (κ1) is 13.2. The van der Waals surface area contributed by atoms with Crippen molar-refractivity contribution in [3.05, 3.63) is 11.6 Å². The largest absolute Gasteiger partial charge is 0.378 e. The van der Waals surface area contributed by atoms with Gasteiger partial charge in [0.05, 0.1) is 12.7 Å². The van der Waals surface area contributed by atoms with Crippen molar-refractivity contribution in [3.63, 3.8) is 0 Å². The summed E-state index contributed by atoms with van der Waals surface area (Å²) in [5, 5.41) is 0.958. The fraction of sp³-hybridized carbons (Fsp3) is 0.818. The highest BCUT2D eigenvalue weighted by Gasteiger charge is 1.99. The van der Waals surface area contributed by atoms with Crippen LogP contribution in [0.1, 0.15) is 40.0 Å². The van der Waals surface area contributed by atoms with Gasteiger partial charge in [-0.05, 0) is 26.2 Å². The van der Waals surface area contributed by atoms with Crippen LogP contribution in [0.15, 0.2) is 11.6 Å². The maximum atomic E-state index is 5.61. The molecule has 0 aliphatic rings. The molecular formula is C11H21BrO. The molecule has 0 saturated heterocycles. The van der Waals surface area contributed by atoms with Crippen LogP contribution >= 0.6 is 15.9 Å². The molecule has 1 unspecified atom stereocenters. The third kappa shape index (κ3) is 7.27. The van der Waals surface area contributed by atoms with Crippen LogP contribution in [0.3, 0.4) is 0 Å². The molecule has 0 aliphatic carbocycles. The van der Waals surface area contributed by atoms with E-state index in [1.54, 1.807) is 0 Å². The minimum absolute atomic E-state index is 0.405. The van der Waals surface area contributed by atoms with Gasteiger partial charge in [-0.2, -0.15) is 0 Å². The summed E-state index contributed by atoms with van der Waals surface area (Å²) in [6.07, 6.45) is 5.95. The SMILES string of the molecule is CCC(=CCBr)CCOC(C)CC. The standard InChI is InChI=1S/C11H21BrO/c1-4-10(3)13-9-7-11(5-2)6-8-12/h6,10H,4-5,7-9H2,1-3H3. The Kier molecular flexibility index (Phi) is 8.89. The zero-order chi connectivity index (χ0) is 10.1. The van der Waals surface area contributed by atoms with Crippen LogP contribution in [0.2, 0.25) is 0 Å². The summed E-state index contributed by atoms with van der Waals surface area (Å²) in [6, 6.07) is 0. The fourth-order valence-electron chi connectivity index (χ4n) is 1.04. The molecule has 0 fully saturated rings. The Morgan fingerprint density at radius 3 is 2.62 bits per heavy atom. The van der Waals surface area contributed by atoms with Crippen molar-refractivity contribution in [2.24, 2.45) is 0 Å². The first-order chi connectivity index (χ1) is 6.24. The van der Waals surface area contributed by atoms with Gasteiger partial charge in [-0.15, -0.1) is 0 Å². The number of hydrogen-bond donors (Lipinski definition) is 0. The summed E-state index contributed by atoms with van der Waals surface area (Å²) in [7, 11) is 0. The lowest BCUT2D eigenvalue weighted by Crippen LogP contribution is -2.07. The molecule has 0 bridgehead atoms. The molecule has 78 valence electrons. The molecule has 0 saturated carbocycles. The van der Waals surface area contributed by atoms with Crippen LogP contribution in [0.25, 0.3) is 0 Å². The number of allylic oxidation sites excluding steroid dienone is 1. The van der Waals surface area contributed by atoms with Crippen LogP contribution < -0.4 is 0 Å². The minimum Gasteiger partial charge on any atom is -0.378 e. The fourth-order valence-corrected chi connectivity index (χ4v) is 1.50. The molecule has 0 rings (SSSR count). The molecule has 0 spiro atoms. The Morgan fingerprint density at radius 1 is 1.46 bits per heavy atom. The maximum absolute atomic E-state index is 5.61. The Morgan fingerprint density at radius 2 is 2.15 bits per heavy atom. The first-order valence-electron chi connectivity index (χ1n) is 5.10. The van der Waals surface area contributed by atoms with Crippen molar-refractivity contribution >= 4 is 15.9 Å². The third-order valence-electron chi connectivity index (χ3n) is 2.22. The van der Waals surface area contributed by atoms with Crippen molar-refractivity contribution in [1.29, 1.82) is 0 Å². The van der Waals surface area contributed by atoms with Gasteiger partial charge in [-0.3, -0.25) is 0 Å². The monoisotopic (exact) mass is 248 g/mol. The van der Waals surface area contributed by atoms with Crippen molar-refractivity contribution in [2.45, 2.75) is 46.1 Å². The predicted octanol–water partition coefficient (Wildman–Crippen LogP) is 3.92. The van der Waals surface area contributed by atoms with E-state index < -0.39 is 0 Å². The number of ether oxygens (including phenoxy) is 1. The van der Waals surface area contributed by atoms with Crippen LogP contribution in [0.5, 0.6) is 0 Å². The summed E-state index contributed by atoms with van der Waals surface area (Å²) in [5.74, 6) is 0. The van der Waals surface area contributed by atoms with Gasteiger partial charge < -0.3 is 4.74 Å². The van der Waals surface area contributed by atoms with Crippen molar-refractivity contribution < 1.29 is 4.74 Å². The van der Waals surface area contributed by atoms with E-state index in [0.717, 1.165) is 31.2 Å². The average Bonchev–Trinajstić information content (AvgIpc) is 2.16. The highest BCUT2D eigenvalue weighted by Crippen LogP contribution is 2.08. The molecule has 0 aromatic carbocycles. The van der Waals surface area contributed by atoms with Gasteiger partial charge in [0.2, 0.25) is 0 Å². The second-order valence-corrected chi connectivity index (χ2v) is 3.86. The quantitative estimate of drug-likeness (QED) is 0.490. The lowest BCUT2D eigenvalue weighted by Gasteiger charge is -2.11. The second-order valence-electron chi connectivity index (χ2n) is 3.21. The third-order valence-corrected chi connectivity index (χ3v) is 2.54. The van der Waals surface area contributed by atoms with E-state index in [1.807, 2.05) is 0 Å². The molecule has 0 amide bonds. The van der Waals surface area contributed by atoms with E-state index in [2.05, 4.69) is 42.8 Å². The van der Waals surface area contributed by atoms with Gasteiger partial charge >= 0.3 is 0 Å². The van der Waals surface area contributed by atoms with Gasteiger partial charge in [-0.25, -0.2) is 0 Å². The first-order valence-corrected chi connectivity index (χ1v) is 6.22. The molecule has 1 atom stereocenters. The molecule has 2 heteroatoms. The molecule has 1 nitrogen and oxygen atoms in total. The molecule has 13 heavy (non-hydrogen) atoms. The molecule has 0 radical (unpaired) electrons. The zero-order valence-corrected chi connectivity index (χ0v) is 10.6. The van der Waals surface area contributed by atoms with E-state index in [-0.39, 0.29) is 0 Å². The number of hydrogen-bond acceptors (Lipinski definition) is 1. The Balaban J connectivity index is 3.55. The van der Waals surface area contributed by atoms with Crippen LogP contribution in [0.4, 0.5) is 0 Å². The van der Waals surface area contributed by atoms with Crippen LogP contribution in [0, 0.1) is 0 Å². The molecule has 0 heterocycles. The number of rotatable bonds is 7. The van der Waals surface area contributed by atoms with Crippen molar-refractivity contribution in [3.8, 4) is 0 Å². The normalized spacial score (nSPS) is 14.6. The smallest absolute Gasteiger partial charge is 0.0544 e. The van der Waals surface area contributed by atoms with Gasteiger partial charge in [0.25, 0.3) is 0 Å². The van der Waals surface area contributed by atoms with E-state index in [1.165, 1.54) is 5.57 Å². The Bertz CT molecular complexity index is 143. The lowest BCUT2D eigenvalue weighted by atomic mass is 10.1. The van der Waals surface area contributed by atoms with Gasteiger partial charge in [0, 0.05) is 5.33 Å². The van der Waals surface area contributed by atoms with Crippen molar-refractivity contribution in [2.75, 3.05) is 11.9 Å². The molecule has 0 aliphatic heterocycles. The van der Waals surface area contributed by atoms with Crippen molar-refractivity contribution in [1.82, 2.24) is 0 Å². The highest BCUT2D eigenvalue weighted by molar-refractivity contribution is 9.09. The van der Waals surface area contributed by atoms with E-state index in [9.17, 15) is 0 Å². The summed E-state index contributed by atoms with van der Waals surface area (Å²) in [4.78, 5) is 0. The molecule has 0 N–H and O–H groups in total. The molecule has 0 aromatic rings. The predicted molar refractivity (Wildman–Crippen MR) is 62.5 cm³/mol. The number of alkyl halides is 1. The second kappa shape index (κ2) is 8.76. The average molecular weight is 249 g/mol. The van der Waals surface area contributed by atoms with Crippen LogP contribution in [-0.4, -0.2) is 18.0 Å². The lowest BCUT2D eigenvalue weighted by molar-refractivity contribution is 0.0656. The van der Waals surface area contributed by atoms with E-state index in [4.69, 9.17) is 4.74 Å². The van der Waals surface area contributed by atoms with Gasteiger partial charge in [-0.1, -0.05) is 41.4 Å².